The fourth-order valence-corrected chi connectivity index (χ4v) is 2.24. The van der Waals surface area contributed by atoms with Crippen molar-refractivity contribution in [1.82, 2.24) is 9.80 Å². The van der Waals surface area contributed by atoms with Gasteiger partial charge in [0.2, 0.25) is 0 Å². The Bertz CT molecular complexity index is 333. The molecule has 0 spiro atoms. The fraction of sp³-hybridized carbons (Fsp3) is 0.692. The maximum atomic E-state index is 12.3. The Labute approximate surface area is 113 Å². The number of nitrogens with zero attached hydrogens (tertiary/aromatic N) is 2. The highest BCUT2D eigenvalue weighted by Crippen LogP contribution is 2.20. The third-order valence-corrected chi connectivity index (χ3v) is 3.21. The summed E-state index contributed by atoms with van der Waals surface area (Å²) in [6.45, 7) is 6.25. The Morgan fingerprint density at radius 2 is 2.32 bits per heavy atom. The molecular weight excluding hydrogens is 248 g/mol. The molecule has 1 N–H and O–H groups in total. The zero-order valence-corrected chi connectivity index (χ0v) is 11.4. The van der Waals surface area contributed by atoms with Crippen LogP contribution in [0.2, 0.25) is 0 Å². The molecule has 2 amide bonds. The predicted octanol–water partition coefficient (Wildman–Crippen LogP) is 1.04. The number of likely N-dealkylation sites (tertiary alicyclic amines) is 1. The van der Waals surface area contributed by atoms with Gasteiger partial charge in [0.15, 0.2) is 0 Å². The molecule has 1 fully saturated rings. The Morgan fingerprint density at radius 3 is 2.89 bits per heavy atom. The van der Waals surface area contributed by atoms with Crippen LogP contribution in [0, 0.1) is 5.92 Å². The lowest BCUT2D eigenvalue weighted by Crippen LogP contribution is -2.43. The van der Waals surface area contributed by atoms with Crippen molar-refractivity contribution in [3.8, 4) is 0 Å². The molecule has 6 nitrogen and oxygen atoms in total. The monoisotopic (exact) mass is 270 g/mol. The van der Waals surface area contributed by atoms with E-state index in [2.05, 4.69) is 6.58 Å². The van der Waals surface area contributed by atoms with Crippen molar-refractivity contribution >= 4 is 12.0 Å². The Kier molecular flexibility index (Phi) is 6.35. The van der Waals surface area contributed by atoms with Crippen LogP contribution in [-0.2, 0) is 9.53 Å². The van der Waals surface area contributed by atoms with E-state index in [0.717, 1.165) is 6.42 Å². The molecule has 1 atom stereocenters. The number of urea groups is 1. The Hall–Kier alpha value is -1.56. The minimum absolute atomic E-state index is 0.0643. The molecule has 6 heteroatoms. The molecule has 0 saturated carbocycles. The molecule has 108 valence electrons. The molecule has 19 heavy (non-hydrogen) atoms. The first-order valence-electron chi connectivity index (χ1n) is 6.44. The Balaban J connectivity index is 2.50. The van der Waals surface area contributed by atoms with Gasteiger partial charge in [0.25, 0.3) is 0 Å². The first-order valence-corrected chi connectivity index (χ1v) is 6.44. The summed E-state index contributed by atoms with van der Waals surface area (Å²) in [5.74, 6) is -0.740. The fourth-order valence-electron chi connectivity index (χ4n) is 2.24. The van der Waals surface area contributed by atoms with E-state index in [9.17, 15) is 9.59 Å². The van der Waals surface area contributed by atoms with Crippen LogP contribution >= 0.6 is 0 Å². The number of hydrogen-bond donors (Lipinski definition) is 1. The largest absolute Gasteiger partial charge is 0.481 e. The standard InChI is InChI=1S/C13H22N2O4/c1-3-5-14(7-8-19-2)13(18)15-6-4-11(10-15)9-12(16)17/h3,11H,1,4-10H2,2H3,(H,16,17). The van der Waals surface area contributed by atoms with E-state index in [1.807, 2.05) is 0 Å². The van der Waals surface area contributed by atoms with Crippen LogP contribution in [0.25, 0.3) is 0 Å². The van der Waals surface area contributed by atoms with Gasteiger partial charge in [0.05, 0.1) is 6.61 Å². The number of rotatable bonds is 7. The van der Waals surface area contributed by atoms with Crippen molar-refractivity contribution < 1.29 is 19.4 Å². The second-order valence-corrected chi connectivity index (χ2v) is 4.71. The summed E-state index contributed by atoms with van der Waals surface area (Å²) >= 11 is 0. The molecule has 1 heterocycles. The van der Waals surface area contributed by atoms with Gasteiger partial charge >= 0.3 is 12.0 Å². The van der Waals surface area contributed by atoms with E-state index in [4.69, 9.17) is 9.84 Å². The zero-order valence-electron chi connectivity index (χ0n) is 11.4. The summed E-state index contributed by atoms with van der Waals surface area (Å²) in [4.78, 5) is 26.3. The van der Waals surface area contributed by atoms with Crippen molar-refractivity contribution in [2.75, 3.05) is 39.9 Å². The normalized spacial score (nSPS) is 18.4. The molecule has 0 bridgehead atoms. The molecule has 1 rings (SSSR count). The van der Waals surface area contributed by atoms with Crippen molar-refractivity contribution in [2.24, 2.45) is 5.92 Å². The van der Waals surface area contributed by atoms with E-state index in [1.54, 1.807) is 23.0 Å². The SMILES string of the molecule is C=CCN(CCOC)C(=O)N1CCC(CC(=O)O)C1. The number of amides is 2. The van der Waals surface area contributed by atoms with Crippen LogP contribution in [0.15, 0.2) is 12.7 Å². The van der Waals surface area contributed by atoms with Gasteiger partial charge in [0, 0.05) is 39.7 Å². The average Bonchev–Trinajstić information content (AvgIpc) is 2.81. The highest BCUT2D eigenvalue weighted by molar-refractivity contribution is 5.75. The van der Waals surface area contributed by atoms with Crippen LogP contribution in [-0.4, -0.2) is 66.8 Å². The van der Waals surface area contributed by atoms with Crippen LogP contribution in [0.1, 0.15) is 12.8 Å². The van der Waals surface area contributed by atoms with E-state index in [-0.39, 0.29) is 18.4 Å². The van der Waals surface area contributed by atoms with Gasteiger partial charge in [-0.1, -0.05) is 6.08 Å². The van der Waals surface area contributed by atoms with Crippen molar-refractivity contribution in [1.29, 1.82) is 0 Å². The summed E-state index contributed by atoms with van der Waals surface area (Å²) in [5.41, 5.74) is 0. The maximum Gasteiger partial charge on any atom is 0.320 e. The molecule has 0 aliphatic carbocycles. The first-order chi connectivity index (χ1) is 9.08. The predicted molar refractivity (Wildman–Crippen MR) is 71.0 cm³/mol. The van der Waals surface area contributed by atoms with Crippen LogP contribution in [0.5, 0.6) is 0 Å². The number of ether oxygens (including phenoxy) is 1. The van der Waals surface area contributed by atoms with Gasteiger partial charge < -0.3 is 19.6 Å². The van der Waals surface area contributed by atoms with Crippen molar-refractivity contribution in [2.45, 2.75) is 12.8 Å². The summed E-state index contributed by atoms with van der Waals surface area (Å²) in [6, 6.07) is -0.0650. The van der Waals surface area contributed by atoms with Gasteiger partial charge in [-0.15, -0.1) is 6.58 Å². The summed E-state index contributed by atoms with van der Waals surface area (Å²) in [7, 11) is 1.59. The number of methoxy groups -OCH3 is 1. The van der Waals surface area contributed by atoms with Gasteiger partial charge in [-0.25, -0.2) is 4.79 Å². The quantitative estimate of drug-likeness (QED) is 0.702. The number of aliphatic carboxylic acids is 1. The lowest BCUT2D eigenvalue weighted by molar-refractivity contribution is -0.138. The molecule has 0 aromatic carbocycles. The van der Waals surface area contributed by atoms with Crippen LogP contribution < -0.4 is 0 Å². The van der Waals surface area contributed by atoms with Crippen molar-refractivity contribution in [3.05, 3.63) is 12.7 Å². The second-order valence-electron chi connectivity index (χ2n) is 4.71. The van der Waals surface area contributed by atoms with E-state index >= 15 is 0 Å². The molecule has 0 aromatic rings. The second kappa shape index (κ2) is 7.78. The summed E-state index contributed by atoms with van der Waals surface area (Å²) in [5, 5.41) is 8.76. The molecule has 0 radical (unpaired) electrons. The zero-order chi connectivity index (χ0) is 14.3. The smallest absolute Gasteiger partial charge is 0.320 e. The first kappa shape index (κ1) is 15.5. The number of carbonyl (C=O) groups excluding carboxylic acids is 1. The van der Waals surface area contributed by atoms with Gasteiger partial charge in [-0.2, -0.15) is 0 Å². The highest BCUT2D eigenvalue weighted by atomic mass is 16.5. The molecule has 0 aromatic heterocycles. The van der Waals surface area contributed by atoms with Crippen LogP contribution in [0.3, 0.4) is 0 Å². The Morgan fingerprint density at radius 1 is 1.58 bits per heavy atom. The van der Waals surface area contributed by atoms with Gasteiger partial charge in [0.1, 0.15) is 0 Å². The molecule has 1 aliphatic heterocycles. The lowest BCUT2D eigenvalue weighted by Gasteiger charge is -2.27. The van der Waals surface area contributed by atoms with Gasteiger partial charge in [-0.05, 0) is 12.3 Å². The summed E-state index contributed by atoms with van der Waals surface area (Å²) < 4.78 is 4.98. The number of carboxylic acid groups (broad SMARTS) is 1. The number of hydrogen-bond acceptors (Lipinski definition) is 3. The van der Waals surface area contributed by atoms with Gasteiger partial charge in [-0.3, -0.25) is 4.79 Å². The van der Waals surface area contributed by atoms with Crippen LogP contribution in [0.4, 0.5) is 4.79 Å². The number of carboxylic acids is 1. The molecular formula is C13H22N2O4. The number of carbonyl (C=O) groups is 2. The van der Waals surface area contributed by atoms with E-state index in [1.165, 1.54) is 0 Å². The van der Waals surface area contributed by atoms with E-state index in [0.29, 0.717) is 32.8 Å². The summed E-state index contributed by atoms with van der Waals surface area (Å²) in [6.07, 6.45) is 2.56. The van der Waals surface area contributed by atoms with Crippen molar-refractivity contribution in [3.63, 3.8) is 0 Å². The topological polar surface area (TPSA) is 70.1 Å². The molecule has 1 aliphatic rings. The maximum absolute atomic E-state index is 12.3. The molecule has 1 unspecified atom stereocenters. The minimum Gasteiger partial charge on any atom is -0.481 e. The third-order valence-electron chi connectivity index (χ3n) is 3.21. The minimum atomic E-state index is -0.804. The third kappa shape index (κ3) is 4.90. The lowest BCUT2D eigenvalue weighted by atomic mass is 10.1. The molecule has 1 saturated heterocycles. The van der Waals surface area contributed by atoms with E-state index < -0.39 is 5.97 Å². The average molecular weight is 270 g/mol. The highest BCUT2D eigenvalue weighted by Gasteiger charge is 2.29.